The molecule has 2 aromatic carbocycles. The monoisotopic (exact) mass is 657 g/mol. The Morgan fingerprint density at radius 3 is 1.84 bits per heavy atom. The van der Waals surface area contributed by atoms with E-state index in [1.54, 1.807) is 6.07 Å². The van der Waals surface area contributed by atoms with Crippen molar-refractivity contribution in [2.75, 3.05) is 24.7 Å². The van der Waals surface area contributed by atoms with Crippen molar-refractivity contribution in [2.24, 2.45) is 11.7 Å². The van der Waals surface area contributed by atoms with Gasteiger partial charge in [-0.3, -0.25) is 4.79 Å². The molecule has 17 heteroatoms. The van der Waals surface area contributed by atoms with Crippen LogP contribution in [-0.2, 0) is 19.1 Å². The molecule has 1 amide bonds. The van der Waals surface area contributed by atoms with Gasteiger partial charge in [-0.15, -0.1) is 0 Å². The summed E-state index contributed by atoms with van der Waals surface area (Å²) in [6, 6.07) is 14.4. The molecule has 0 aromatic heterocycles. The second kappa shape index (κ2) is 18.6. The zero-order chi connectivity index (χ0) is 34.3. The maximum atomic E-state index is 13.1. The molecule has 0 aliphatic carbocycles. The second-order valence-electron chi connectivity index (χ2n) is 9.23. The summed E-state index contributed by atoms with van der Waals surface area (Å²) >= 11 is 4.21. The molecule has 0 saturated carbocycles. The Hall–Kier alpha value is -3.99. The highest BCUT2D eigenvalue weighted by atomic mass is 32.1. The van der Waals surface area contributed by atoms with E-state index < -0.39 is 36.3 Å². The number of esters is 1. The molecular formula is C27H33F6N3O7S. The fourth-order valence-electron chi connectivity index (χ4n) is 3.09. The first-order chi connectivity index (χ1) is 20.2. The van der Waals surface area contributed by atoms with E-state index in [-0.39, 0.29) is 17.9 Å². The average molecular weight is 658 g/mol. The molecule has 0 radical (unpaired) electrons. The van der Waals surface area contributed by atoms with Gasteiger partial charge in [0.15, 0.2) is 0 Å². The van der Waals surface area contributed by atoms with E-state index in [0.717, 1.165) is 16.8 Å². The molecule has 2 aromatic rings. The lowest BCUT2D eigenvalue weighted by molar-refractivity contribution is -0.193. The molecule has 0 fully saturated rings. The predicted molar refractivity (Wildman–Crippen MR) is 152 cm³/mol. The van der Waals surface area contributed by atoms with Crippen LogP contribution in [0.1, 0.15) is 30.6 Å². The highest BCUT2D eigenvalue weighted by molar-refractivity contribution is 7.80. The van der Waals surface area contributed by atoms with E-state index >= 15 is 0 Å². The molecule has 44 heavy (non-hydrogen) atoms. The Morgan fingerprint density at radius 2 is 1.43 bits per heavy atom. The number of aliphatic carboxylic acids is 2. The summed E-state index contributed by atoms with van der Waals surface area (Å²) in [5, 5.41) is 20.4. The topological polar surface area (TPSA) is 168 Å². The smallest absolute Gasteiger partial charge is 0.475 e. The zero-order valence-corrected chi connectivity index (χ0v) is 24.6. The van der Waals surface area contributed by atoms with Gasteiger partial charge >= 0.3 is 30.3 Å². The number of carbonyl (C=O) groups excluding carboxylic acids is 2. The predicted octanol–water partition coefficient (Wildman–Crippen LogP) is 4.61. The Bertz CT molecular complexity index is 1200. The first-order valence-electron chi connectivity index (χ1n) is 12.5. The Labute approximate surface area is 254 Å². The number of carboxylic acids is 2. The van der Waals surface area contributed by atoms with Gasteiger partial charge in [-0.2, -0.15) is 39.0 Å². The minimum absolute atomic E-state index is 0.0756. The summed E-state index contributed by atoms with van der Waals surface area (Å²) in [6.07, 6.45) is -9.67. The van der Waals surface area contributed by atoms with Crippen molar-refractivity contribution < 1.29 is 60.5 Å². The SMILES string of the molecule is COC(=O)[C@H](CC(C)C)NC(=O)c1ccc(NC[C@@H](N)CS)cc1-c1ccccc1.O=C(O)C(F)(F)F.O=C(O)C(F)(F)F. The number of hydrogen-bond acceptors (Lipinski definition) is 8. The van der Waals surface area contributed by atoms with Crippen LogP contribution in [0.2, 0.25) is 0 Å². The van der Waals surface area contributed by atoms with Gasteiger partial charge in [0.2, 0.25) is 0 Å². The second-order valence-corrected chi connectivity index (χ2v) is 9.60. The third-order valence-corrected chi connectivity index (χ3v) is 5.60. The quantitative estimate of drug-likeness (QED) is 0.122. The lowest BCUT2D eigenvalue weighted by atomic mass is 9.97. The number of ether oxygens (including phenoxy) is 1. The van der Waals surface area contributed by atoms with Gasteiger partial charge < -0.3 is 31.3 Å². The number of methoxy groups -OCH3 is 1. The number of rotatable bonds is 10. The molecule has 0 bridgehead atoms. The zero-order valence-electron chi connectivity index (χ0n) is 23.7. The van der Waals surface area contributed by atoms with Crippen LogP contribution in [0.15, 0.2) is 48.5 Å². The molecule has 0 aliphatic heterocycles. The van der Waals surface area contributed by atoms with Gasteiger partial charge in [0.1, 0.15) is 6.04 Å². The lowest BCUT2D eigenvalue weighted by Gasteiger charge is -2.20. The minimum Gasteiger partial charge on any atom is -0.475 e. The van der Waals surface area contributed by atoms with Crippen molar-refractivity contribution >= 4 is 42.1 Å². The number of carbonyl (C=O) groups is 4. The molecule has 0 saturated heterocycles. The van der Waals surface area contributed by atoms with Crippen molar-refractivity contribution in [1.82, 2.24) is 5.32 Å². The Morgan fingerprint density at radius 1 is 0.932 bits per heavy atom. The van der Waals surface area contributed by atoms with Crippen LogP contribution in [0.3, 0.4) is 0 Å². The van der Waals surface area contributed by atoms with Crippen molar-refractivity contribution in [3.63, 3.8) is 0 Å². The first-order valence-corrected chi connectivity index (χ1v) is 13.2. The molecule has 2 atom stereocenters. The summed E-state index contributed by atoms with van der Waals surface area (Å²) in [5.74, 6) is -5.48. The first kappa shape index (κ1) is 40.0. The third-order valence-electron chi connectivity index (χ3n) is 5.14. The summed E-state index contributed by atoms with van der Waals surface area (Å²) in [5.41, 5.74) is 8.96. The molecule has 0 heterocycles. The van der Waals surface area contributed by atoms with Crippen molar-refractivity contribution in [1.29, 1.82) is 0 Å². The normalized spacial score (nSPS) is 12.4. The van der Waals surface area contributed by atoms with Gasteiger partial charge in [0.25, 0.3) is 5.91 Å². The maximum Gasteiger partial charge on any atom is 0.490 e. The van der Waals surface area contributed by atoms with Crippen molar-refractivity contribution in [3.8, 4) is 11.1 Å². The van der Waals surface area contributed by atoms with Crippen LogP contribution in [0, 0.1) is 5.92 Å². The van der Waals surface area contributed by atoms with E-state index in [0.29, 0.717) is 24.3 Å². The number of nitrogens with one attached hydrogen (secondary N) is 2. The Balaban J connectivity index is 0.00000109. The third kappa shape index (κ3) is 15.5. The molecule has 246 valence electrons. The molecule has 6 N–H and O–H groups in total. The number of carboxylic acid groups (broad SMARTS) is 2. The minimum atomic E-state index is -5.08. The van der Waals surface area contributed by atoms with Gasteiger partial charge in [0.05, 0.1) is 7.11 Å². The molecular weight excluding hydrogens is 624 g/mol. The molecule has 0 aliphatic rings. The molecule has 0 unspecified atom stereocenters. The molecule has 10 nitrogen and oxygen atoms in total. The number of anilines is 1. The Kier molecular flexibility index (Phi) is 16.9. The highest BCUT2D eigenvalue weighted by Gasteiger charge is 2.38. The van der Waals surface area contributed by atoms with Gasteiger partial charge in [-0.25, -0.2) is 14.4 Å². The van der Waals surface area contributed by atoms with Crippen LogP contribution in [0.5, 0.6) is 0 Å². The van der Waals surface area contributed by atoms with E-state index in [2.05, 4.69) is 23.3 Å². The van der Waals surface area contributed by atoms with Crippen LogP contribution in [0.25, 0.3) is 11.1 Å². The molecule has 2 rings (SSSR count). The standard InChI is InChI=1S/C23H31N3O3S.2C2HF3O2/c1-15(2)11-21(23(28)29-3)26-22(27)19-10-9-18(25-13-17(24)14-30)12-20(19)16-7-5-4-6-8-16;2*3-2(4,5)1(6)7/h4-10,12,15,17,21,25,30H,11,13-14,24H2,1-3H3,(H,26,27);2*(H,6,7)/t17-,21+;;/m1../s1. The van der Waals surface area contributed by atoms with Crippen molar-refractivity contribution in [2.45, 2.75) is 44.7 Å². The fraction of sp³-hybridized carbons (Fsp3) is 0.407. The number of alkyl halides is 6. The summed E-state index contributed by atoms with van der Waals surface area (Å²) in [4.78, 5) is 43.0. The van der Waals surface area contributed by atoms with E-state index in [4.69, 9.17) is 30.3 Å². The van der Waals surface area contributed by atoms with Crippen LogP contribution in [0.4, 0.5) is 32.0 Å². The maximum absolute atomic E-state index is 13.1. The number of thiol groups is 1. The number of amides is 1. The van der Waals surface area contributed by atoms with E-state index in [9.17, 15) is 35.9 Å². The van der Waals surface area contributed by atoms with Crippen LogP contribution in [-0.4, -0.2) is 77.9 Å². The average Bonchev–Trinajstić information content (AvgIpc) is 2.94. The van der Waals surface area contributed by atoms with Gasteiger partial charge in [-0.1, -0.05) is 44.2 Å². The van der Waals surface area contributed by atoms with Gasteiger partial charge in [-0.05, 0) is 41.7 Å². The summed E-state index contributed by atoms with van der Waals surface area (Å²) in [7, 11) is 1.33. The summed E-state index contributed by atoms with van der Waals surface area (Å²) in [6.45, 7) is 4.56. The van der Waals surface area contributed by atoms with E-state index in [1.807, 2.05) is 56.3 Å². The van der Waals surface area contributed by atoms with Gasteiger partial charge in [0, 0.05) is 29.6 Å². The number of hydrogen-bond donors (Lipinski definition) is 6. The van der Waals surface area contributed by atoms with Crippen LogP contribution < -0.4 is 16.4 Å². The fourth-order valence-corrected chi connectivity index (χ4v) is 3.22. The number of halogens is 6. The number of nitrogens with two attached hydrogens (primary N) is 1. The van der Waals surface area contributed by atoms with Crippen molar-refractivity contribution in [3.05, 3.63) is 54.1 Å². The summed E-state index contributed by atoms with van der Waals surface area (Å²) < 4.78 is 68.3. The number of benzene rings is 2. The van der Waals surface area contributed by atoms with E-state index in [1.165, 1.54) is 7.11 Å². The lowest BCUT2D eigenvalue weighted by Crippen LogP contribution is -2.42. The molecule has 0 spiro atoms. The highest BCUT2D eigenvalue weighted by Crippen LogP contribution is 2.27. The van der Waals surface area contributed by atoms with Crippen LogP contribution >= 0.6 is 12.6 Å². The largest absolute Gasteiger partial charge is 0.490 e.